The number of hydrogen-bond donors (Lipinski definition) is 2. The van der Waals surface area contributed by atoms with Gasteiger partial charge >= 0.3 is 0 Å². The molecule has 2 N–H and O–H groups in total. The van der Waals surface area contributed by atoms with E-state index in [9.17, 15) is 4.21 Å². The minimum Gasteiger partial charge on any atom is -0.494 e. The average Bonchev–Trinajstić information content (AvgIpc) is 2.66. The lowest BCUT2D eigenvalue weighted by molar-refractivity contribution is 0.340. The third kappa shape index (κ3) is 8.37. The number of nitrogens with one attached hydrogen (secondary N) is 2. The summed E-state index contributed by atoms with van der Waals surface area (Å²) < 4.78 is 17.7. The summed E-state index contributed by atoms with van der Waals surface area (Å²) in [6.07, 6.45) is 4.28. The number of guanidine groups is 1. The van der Waals surface area contributed by atoms with Crippen LogP contribution in [-0.2, 0) is 17.3 Å². The van der Waals surface area contributed by atoms with E-state index in [0.717, 1.165) is 55.3 Å². The van der Waals surface area contributed by atoms with Crippen LogP contribution >= 0.6 is 24.0 Å². The zero-order chi connectivity index (χ0) is 18.8. The van der Waals surface area contributed by atoms with Crippen molar-refractivity contribution < 1.29 is 8.95 Å². The number of nitrogens with zero attached hydrogens (tertiary/aromatic N) is 1. The number of rotatable bonds is 8. The molecule has 7 heteroatoms. The summed E-state index contributed by atoms with van der Waals surface area (Å²) >= 11 is 0. The van der Waals surface area contributed by atoms with Crippen LogP contribution in [0, 0.1) is 0 Å². The molecule has 27 heavy (non-hydrogen) atoms. The molecular formula is C20H34IN3O2S. The molecule has 0 bridgehead atoms. The van der Waals surface area contributed by atoms with E-state index in [2.05, 4.69) is 23.6 Å². The molecule has 0 aliphatic heterocycles. The summed E-state index contributed by atoms with van der Waals surface area (Å²) in [7, 11) is -0.705. The van der Waals surface area contributed by atoms with E-state index in [0.29, 0.717) is 24.4 Å². The minimum absolute atomic E-state index is 0. The Labute approximate surface area is 183 Å². The fourth-order valence-electron chi connectivity index (χ4n) is 3.33. The normalized spacial score (nSPS) is 21.1. The molecule has 3 unspecified atom stereocenters. The SMILES string of the molecule is CCNC(=NCc1cccc(OCC)c1)NC1CCCC(S(=O)CC)C1.I. The van der Waals surface area contributed by atoms with Crippen molar-refractivity contribution in [2.75, 3.05) is 18.9 Å². The second-order valence-electron chi connectivity index (χ2n) is 6.57. The summed E-state index contributed by atoms with van der Waals surface area (Å²) in [6, 6.07) is 8.42. The molecule has 0 heterocycles. The van der Waals surface area contributed by atoms with Gasteiger partial charge in [-0.05, 0) is 50.8 Å². The Bertz CT molecular complexity index is 613. The largest absolute Gasteiger partial charge is 0.494 e. The molecule has 0 aromatic heterocycles. The van der Waals surface area contributed by atoms with Crippen LogP contribution in [0.3, 0.4) is 0 Å². The molecular weight excluding hydrogens is 473 g/mol. The van der Waals surface area contributed by atoms with Gasteiger partial charge in [-0.2, -0.15) is 0 Å². The van der Waals surface area contributed by atoms with Gasteiger partial charge in [-0.3, -0.25) is 4.21 Å². The molecule has 1 aliphatic rings. The van der Waals surface area contributed by atoms with Gasteiger partial charge in [-0.1, -0.05) is 25.5 Å². The predicted molar refractivity (Wildman–Crippen MR) is 126 cm³/mol. The highest BCUT2D eigenvalue weighted by atomic mass is 127. The Morgan fingerprint density at radius 2 is 2.11 bits per heavy atom. The van der Waals surface area contributed by atoms with E-state index in [4.69, 9.17) is 9.73 Å². The van der Waals surface area contributed by atoms with Crippen molar-refractivity contribution in [3.63, 3.8) is 0 Å². The van der Waals surface area contributed by atoms with Crippen molar-refractivity contribution >= 4 is 40.7 Å². The molecule has 1 aromatic carbocycles. The van der Waals surface area contributed by atoms with Crippen molar-refractivity contribution in [3.8, 4) is 5.75 Å². The topological polar surface area (TPSA) is 62.7 Å². The summed E-state index contributed by atoms with van der Waals surface area (Å²) in [5, 5.41) is 7.20. The summed E-state index contributed by atoms with van der Waals surface area (Å²) in [6.45, 7) is 8.16. The highest BCUT2D eigenvalue weighted by molar-refractivity contribution is 14.0. The van der Waals surface area contributed by atoms with E-state index in [1.807, 2.05) is 32.0 Å². The molecule has 0 amide bonds. The second-order valence-corrected chi connectivity index (χ2v) is 8.58. The standard InChI is InChI=1S/C20H33N3O2S.HI/c1-4-21-20(22-15-16-9-7-11-18(13-16)25-5-2)23-17-10-8-12-19(14-17)26(24)6-3;/h7,9,11,13,17,19H,4-6,8,10,12,14-15H2,1-3H3,(H2,21,22,23);1H. The van der Waals surface area contributed by atoms with Gasteiger partial charge in [0.1, 0.15) is 5.75 Å². The van der Waals surface area contributed by atoms with E-state index >= 15 is 0 Å². The van der Waals surface area contributed by atoms with Gasteiger partial charge in [0.2, 0.25) is 0 Å². The Morgan fingerprint density at radius 1 is 1.30 bits per heavy atom. The summed E-state index contributed by atoms with van der Waals surface area (Å²) in [5.41, 5.74) is 1.13. The first-order valence-electron chi connectivity index (χ1n) is 9.80. The zero-order valence-electron chi connectivity index (χ0n) is 16.7. The van der Waals surface area contributed by atoms with Crippen LogP contribution < -0.4 is 15.4 Å². The van der Waals surface area contributed by atoms with Gasteiger partial charge in [-0.15, -0.1) is 24.0 Å². The fourth-order valence-corrected chi connectivity index (χ4v) is 4.68. The van der Waals surface area contributed by atoms with Gasteiger partial charge in [0.25, 0.3) is 0 Å². The lowest BCUT2D eigenvalue weighted by Crippen LogP contribution is -2.46. The van der Waals surface area contributed by atoms with Crippen LogP contribution in [0.1, 0.15) is 52.0 Å². The molecule has 3 atom stereocenters. The minimum atomic E-state index is -0.705. The van der Waals surface area contributed by atoms with Crippen LogP contribution in [0.15, 0.2) is 29.3 Å². The van der Waals surface area contributed by atoms with Crippen molar-refractivity contribution in [2.24, 2.45) is 4.99 Å². The zero-order valence-corrected chi connectivity index (χ0v) is 19.8. The number of halogens is 1. The molecule has 1 fully saturated rings. The number of aliphatic imine (C=N–C) groups is 1. The van der Waals surface area contributed by atoms with E-state index < -0.39 is 10.8 Å². The highest BCUT2D eigenvalue weighted by Gasteiger charge is 2.25. The molecule has 0 saturated heterocycles. The Kier molecular flexibility index (Phi) is 12.0. The van der Waals surface area contributed by atoms with Crippen LogP contribution in [0.2, 0.25) is 0 Å². The fraction of sp³-hybridized carbons (Fsp3) is 0.650. The van der Waals surface area contributed by atoms with Crippen LogP contribution in [0.5, 0.6) is 5.75 Å². The molecule has 0 spiro atoms. The first kappa shape index (κ1) is 24.2. The number of hydrogen-bond acceptors (Lipinski definition) is 3. The summed E-state index contributed by atoms with van der Waals surface area (Å²) in [5.74, 6) is 2.47. The van der Waals surface area contributed by atoms with Crippen LogP contribution in [0.25, 0.3) is 0 Å². The Balaban J connectivity index is 0.00000364. The Hall–Kier alpha value is -0.830. The predicted octanol–water partition coefficient (Wildman–Crippen LogP) is 3.84. The molecule has 1 aliphatic carbocycles. The average molecular weight is 507 g/mol. The molecule has 1 saturated carbocycles. The molecule has 0 radical (unpaired) electrons. The third-order valence-corrected chi connectivity index (χ3v) is 6.34. The third-order valence-electron chi connectivity index (χ3n) is 4.60. The van der Waals surface area contributed by atoms with Gasteiger partial charge in [-0.25, -0.2) is 4.99 Å². The first-order valence-corrected chi connectivity index (χ1v) is 11.2. The van der Waals surface area contributed by atoms with Gasteiger partial charge in [0, 0.05) is 34.4 Å². The number of benzene rings is 1. The quantitative estimate of drug-likeness (QED) is 0.319. The monoisotopic (exact) mass is 507 g/mol. The van der Waals surface area contributed by atoms with Crippen molar-refractivity contribution in [2.45, 2.75) is 64.3 Å². The lowest BCUT2D eigenvalue weighted by Gasteiger charge is -2.30. The maximum atomic E-state index is 12.1. The van der Waals surface area contributed by atoms with E-state index in [1.165, 1.54) is 0 Å². The Morgan fingerprint density at radius 3 is 2.81 bits per heavy atom. The first-order chi connectivity index (χ1) is 12.7. The highest BCUT2D eigenvalue weighted by Crippen LogP contribution is 2.23. The molecule has 1 aromatic rings. The van der Waals surface area contributed by atoms with E-state index in [-0.39, 0.29) is 24.0 Å². The maximum absolute atomic E-state index is 12.1. The van der Waals surface area contributed by atoms with Crippen molar-refractivity contribution in [1.82, 2.24) is 10.6 Å². The van der Waals surface area contributed by atoms with Crippen molar-refractivity contribution in [1.29, 1.82) is 0 Å². The molecule has 2 rings (SSSR count). The second kappa shape index (κ2) is 13.4. The number of ether oxygens (including phenoxy) is 1. The molecule has 154 valence electrons. The lowest BCUT2D eigenvalue weighted by atomic mass is 9.95. The smallest absolute Gasteiger partial charge is 0.191 e. The summed E-state index contributed by atoms with van der Waals surface area (Å²) in [4.78, 5) is 4.73. The van der Waals surface area contributed by atoms with Crippen LogP contribution in [0.4, 0.5) is 0 Å². The maximum Gasteiger partial charge on any atom is 0.191 e. The van der Waals surface area contributed by atoms with E-state index in [1.54, 1.807) is 0 Å². The van der Waals surface area contributed by atoms with Gasteiger partial charge in [0.15, 0.2) is 5.96 Å². The van der Waals surface area contributed by atoms with Gasteiger partial charge < -0.3 is 15.4 Å². The van der Waals surface area contributed by atoms with Crippen LogP contribution in [-0.4, -0.2) is 40.4 Å². The molecule has 5 nitrogen and oxygen atoms in total. The van der Waals surface area contributed by atoms with Crippen molar-refractivity contribution in [3.05, 3.63) is 29.8 Å². The van der Waals surface area contributed by atoms with Gasteiger partial charge in [0.05, 0.1) is 13.2 Å².